The number of hydrogen-bond acceptors (Lipinski definition) is 2. The fourth-order valence-corrected chi connectivity index (χ4v) is 3.04. The van der Waals surface area contributed by atoms with E-state index in [-0.39, 0.29) is 5.82 Å². The molecule has 1 aliphatic heterocycles. The van der Waals surface area contributed by atoms with Crippen molar-refractivity contribution in [2.75, 3.05) is 13.1 Å². The van der Waals surface area contributed by atoms with Crippen LogP contribution in [0.1, 0.15) is 37.7 Å². The van der Waals surface area contributed by atoms with Crippen LogP contribution < -0.4 is 0 Å². The van der Waals surface area contributed by atoms with Crippen LogP contribution in [0.4, 0.5) is 4.39 Å². The number of aromatic amines is 1. The summed E-state index contributed by atoms with van der Waals surface area (Å²) in [6.07, 6.45) is 8.45. The minimum atomic E-state index is -0.209. The lowest BCUT2D eigenvalue weighted by molar-refractivity contribution is 0.240. The van der Waals surface area contributed by atoms with E-state index < -0.39 is 0 Å². The molecular weight excluding hydrogens is 265 g/mol. The molecule has 0 bridgehead atoms. The molecular formula is C17H22FN3. The Labute approximate surface area is 125 Å². The summed E-state index contributed by atoms with van der Waals surface area (Å²) in [4.78, 5) is 2.49. The second-order valence-electron chi connectivity index (χ2n) is 5.82. The largest absolute Gasteiger partial charge is 0.299 e. The van der Waals surface area contributed by atoms with E-state index in [1.165, 1.54) is 38.2 Å². The van der Waals surface area contributed by atoms with E-state index in [1.807, 2.05) is 12.3 Å². The Morgan fingerprint density at radius 3 is 2.62 bits per heavy atom. The second kappa shape index (κ2) is 6.85. The Hall–Kier alpha value is -1.68. The molecule has 0 aliphatic carbocycles. The molecule has 2 aromatic rings. The summed E-state index contributed by atoms with van der Waals surface area (Å²) in [5.41, 5.74) is 2.97. The number of H-pyrrole nitrogens is 1. The highest BCUT2D eigenvalue weighted by atomic mass is 19.1. The SMILES string of the molecule is Fc1cccc(-c2[nH]ncc2CN2CCCCCCC2)c1. The van der Waals surface area contributed by atoms with Gasteiger partial charge in [-0.2, -0.15) is 5.10 Å². The standard InChI is InChI=1S/C17H22FN3/c18-16-8-6-7-14(11-16)17-15(12-19-20-17)13-21-9-4-2-1-3-5-10-21/h6-8,11-12H,1-5,9-10,13H2,(H,19,20). The zero-order valence-corrected chi connectivity index (χ0v) is 12.3. The van der Waals surface area contributed by atoms with Gasteiger partial charge in [0.05, 0.1) is 11.9 Å². The average Bonchev–Trinajstić information content (AvgIpc) is 2.90. The predicted molar refractivity (Wildman–Crippen MR) is 82.3 cm³/mol. The van der Waals surface area contributed by atoms with Crippen LogP contribution in [0.5, 0.6) is 0 Å². The van der Waals surface area contributed by atoms with Crippen LogP contribution in [0.3, 0.4) is 0 Å². The summed E-state index contributed by atoms with van der Waals surface area (Å²) >= 11 is 0. The average molecular weight is 287 g/mol. The molecule has 0 atom stereocenters. The van der Waals surface area contributed by atoms with Crippen molar-refractivity contribution < 1.29 is 4.39 Å². The van der Waals surface area contributed by atoms with E-state index in [2.05, 4.69) is 15.1 Å². The summed E-state index contributed by atoms with van der Waals surface area (Å²) in [6, 6.07) is 6.70. The van der Waals surface area contributed by atoms with Crippen LogP contribution in [-0.2, 0) is 6.54 Å². The van der Waals surface area contributed by atoms with Gasteiger partial charge in [0.1, 0.15) is 5.82 Å². The predicted octanol–water partition coefficient (Wildman–Crippen LogP) is 3.98. The van der Waals surface area contributed by atoms with Crippen molar-refractivity contribution in [3.05, 3.63) is 41.8 Å². The van der Waals surface area contributed by atoms with Crippen molar-refractivity contribution in [3.8, 4) is 11.3 Å². The Balaban J connectivity index is 1.75. The van der Waals surface area contributed by atoms with E-state index in [0.717, 1.165) is 36.5 Å². The molecule has 21 heavy (non-hydrogen) atoms. The summed E-state index contributed by atoms with van der Waals surface area (Å²) in [6.45, 7) is 3.18. The maximum Gasteiger partial charge on any atom is 0.123 e. The number of rotatable bonds is 3. The highest BCUT2D eigenvalue weighted by molar-refractivity contribution is 5.62. The molecule has 1 aromatic heterocycles. The van der Waals surface area contributed by atoms with Crippen molar-refractivity contribution in [3.63, 3.8) is 0 Å². The molecule has 112 valence electrons. The first-order valence-electron chi connectivity index (χ1n) is 7.83. The third kappa shape index (κ3) is 3.70. The first-order chi connectivity index (χ1) is 10.3. The van der Waals surface area contributed by atoms with E-state index in [9.17, 15) is 4.39 Å². The molecule has 0 unspecified atom stereocenters. The number of aromatic nitrogens is 2. The third-order valence-electron chi connectivity index (χ3n) is 4.17. The Bertz CT molecular complexity index is 571. The van der Waals surface area contributed by atoms with Gasteiger partial charge in [0.2, 0.25) is 0 Å². The first kappa shape index (κ1) is 14.3. The number of nitrogens with one attached hydrogen (secondary N) is 1. The summed E-state index contributed by atoms with van der Waals surface area (Å²) in [7, 11) is 0. The van der Waals surface area contributed by atoms with Crippen LogP contribution in [0, 0.1) is 5.82 Å². The molecule has 2 heterocycles. The number of benzene rings is 1. The van der Waals surface area contributed by atoms with Crippen molar-refractivity contribution in [1.29, 1.82) is 0 Å². The Kier molecular flexibility index (Phi) is 4.65. The van der Waals surface area contributed by atoms with Gasteiger partial charge in [-0.3, -0.25) is 10.00 Å². The Morgan fingerprint density at radius 2 is 1.86 bits per heavy atom. The van der Waals surface area contributed by atoms with E-state index in [4.69, 9.17) is 0 Å². The van der Waals surface area contributed by atoms with Gasteiger partial charge < -0.3 is 0 Å². The molecule has 0 radical (unpaired) electrons. The molecule has 3 rings (SSSR count). The van der Waals surface area contributed by atoms with E-state index in [0.29, 0.717) is 0 Å². The van der Waals surface area contributed by atoms with Gasteiger partial charge in [0.25, 0.3) is 0 Å². The van der Waals surface area contributed by atoms with Gasteiger partial charge in [-0.25, -0.2) is 4.39 Å². The molecule has 0 saturated carbocycles. The van der Waals surface area contributed by atoms with Gasteiger partial charge in [-0.05, 0) is 38.1 Å². The van der Waals surface area contributed by atoms with Crippen LogP contribution >= 0.6 is 0 Å². The molecule has 1 saturated heterocycles. The van der Waals surface area contributed by atoms with Crippen LogP contribution in [0.25, 0.3) is 11.3 Å². The lowest BCUT2D eigenvalue weighted by Crippen LogP contribution is -2.26. The van der Waals surface area contributed by atoms with Crippen molar-refractivity contribution in [1.82, 2.24) is 15.1 Å². The molecule has 3 nitrogen and oxygen atoms in total. The molecule has 1 N–H and O–H groups in total. The van der Waals surface area contributed by atoms with Gasteiger partial charge in [-0.15, -0.1) is 0 Å². The van der Waals surface area contributed by atoms with Gasteiger partial charge in [-0.1, -0.05) is 31.4 Å². The highest BCUT2D eigenvalue weighted by Crippen LogP contribution is 2.23. The molecule has 0 amide bonds. The zero-order valence-electron chi connectivity index (χ0n) is 12.3. The molecule has 4 heteroatoms. The smallest absolute Gasteiger partial charge is 0.123 e. The molecule has 0 spiro atoms. The minimum absolute atomic E-state index is 0.209. The lowest BCUT2D eigenvalue weighted by atomic mass is 10.1. The maximum atomic E-state index is 13.4. The number of likely N-dealkylation sites (tertiary alicyclic amines) is 1. The van der Waals surface area contributed by atoms with Gasteiger partial charge in [0, 0.05) is 17.7 Å². The van der Waals surface area contributed by atoms with Gasteiger partial charge >= 0.3 is 0 Å². The zero-order chi connectivity index (χ0) is 14.5. The summed E-state index contributed by atoms with van der Waals surface area (Å²) < 4.78 is 13.4. The number of hydrogen-bond donors (Lipinski definition) is 1. The quantitative estimate of drug-likeness (QED) is 0.926. The topological polar surface area (TPSA) is 31.9 Å². The van der Waals surface area contributed by atoms with Crippen LogP contribution in [0.15, 0.2) is 30.5 Å². The second-order valence-corrected chi connectivity index (χ2v) is 5.82. The number of halogens is 1. The first-order valence-corrected chi connectivity index (χ1v) is 7.83. The summed E-state index contributed by atoms with van der Waals surface area (Å²) in [5.74, 6) is -0.209. The molecule has 1 aliphatic rings. The van der Waals surface area contributed by atoms with Crippen molar-refractivity contribution in [2.45, 2.75) is 38.6 Å². The Morgan fingerprint density at radius 1 is 1.10 bits per heavy atom. The monoisotopic (exact) mass is 287 g/mol. The highest BCUT2D eigenvalue weighted by Gasteiger charge is 2.13. The van der Waals surface area contributed by atoms with Crippen LogP contribution in [0.2, 0.25) is 0 Å². The van der Waals surface area contributed by atoms with Gasteiger partial charge in [0.15, 0.2) is 0 Å². The molecule has 1 aromatic carbocycles. The third-order valence-corrected chi connectivity index (χ3v) is 4.17. The number of nitrogens with zero attached hydrogens (tertiary/aromatic N) is 2. The fourth-order valence-electron chi connectivity index (χ4n) is 3.04. The van der Waals surface area contributed by atoms with Crippen molar-refractivity contribution in [2.24, 2.45) is 0 Å². The van der Waals surface area contributed by atoms with Crippen LogP contribution in [-0.4, -0.2) is 28.2 Å². The normalized spacial score (nSPS) is 17.4. The summed E-state index contributed by atoms with van der Waals surface area (Å²) in [5, 5.41) is 7.18. The lowest BCUT2D eigenvalue weighted by Gasteiger charge is -2.24. The van der Waals surface area contributed by atoms with E-state index in [1.54, 1.807) is 12.1 Å². The fraction of sp³-hybridized carbons (Fsp3) is 0.471. The maximum absolute atomic E-state index is 13.4. The minimum Gasteiger partial charge on any atom is -0.299 e. The van der Waals surface area contributed by atoms with Crippen molar-refractivity contribution >= 4 is 0 Å². The molecule has 1 fully saturated rings. The van der Waals surface area contributed by atoms with E-state index >= 15 is 0 Å².